The van der Waals surface area contributed by atoms with Gasteiger partial charge in [0.25, 0.3) is 10.0 Å². The minimum Gasteiger partial charge on any atom is -0.371 e. The molecule has 1 aromatic carbocycles. The van der Waals surface area contributed by atoms with E-state index < -0.39 is 26.6 Å². The van der Waals surface area contributed by atoms with Gasteiger partial charge in [0.1, 0.15) is 5.82 Å². The summed E-state index contributed by atoms with van der Waals surface area (Å²) in [4.78, 5) is 6.82. The highest BCUT2D eigenvalue weighted by molar-refractivity contribution is 7.92. The van der Waals surface area contributed by atoms with Crippen molar-refractivity contribution in [1.29, 1.82) is 0 Å². The molecular formula is C17H22F2N4O2S2. The van der Waals surface area contributed by atoms with Crippen molar-refractivity contribution < 1.29 is 17.2 Å². The van der Waals surface area contributed by atoms with Gasteiger partial charge in [-0.25, -0.2) is 22.2 Å². The number of nitrogens with one attached hydrogen (secondary N) is 1. The van der Waals surface area contributed by atoms with Crippen LogP contribution < -0.4 is 9.62 Å². The van der Waals surface area contributed by atoms with Crippen molar-refractivity contribution in [2.24, 2.45) is 5.92 Å². The van der Waals surface area contributed by atoms with E-state index in [4.69, 9.17) is 0 Å². The normalized spacial score (nSPS) is 17.7. The SMILES string of the molecule is Cc1c(N2CC[C@@H](CN(C)C)C2)cc(F)c(S(=O)(=O)Nc2cscn2)c1F. The van der Waals surface area contributed by atoms with E-state index in [9.17, 15) is 17.2 Å². The maximum Gasteiger partial charge on any atom is 0.268 e. The van der Waals surface area contributed by atoms with Crippen molar-refractivity contribution in [3.05, 3.63) is 34.2 Å². The van der Waals surface area contributed by atoms with E-state index in [2.05, 4.69) is 14.6 Å². The summed E-state index contributed by atoms with van der Waals surface area (Å²) in [5.74, 6) is -1.73. The molecule has 2 heterocycles. The minimum absolute atomic E-state index is 0.0339. The Hall–Kier alpha value is -1.78. The van der Waals surface area contributed by atoms with Crippen LogP contribution >= 0.6 is 11.3 Å². The third kappa shape index (κ3) is 4.22. The zero-order chi connectivity index (χ0) is 19.8. The van der Waals surface area contributed by atoms with E-state index in [0.717, 1.165) is 19.0 Å². The number of hydrogen-bond acceptors (Lipinski definition) is 6. The van der Waals surface area contributed by atoms with Crippen LogP contribution in [0.5, 0.6) is 0 Å². The summed E-state index contributed by atoms with van der Waals surface area (Å²) < 4.78 is 56.6. The van der Waals surface area contributed by atoms with E-state index in [1.807, 2.05) is 19.0 Å². The number of hydrogen-bond donors (Lipinski definition) is 1. The summed E-state index contributed by atoms with van der Waals surface area (Å²) in [7, 11) is -0.438. The second-order valence-corrected chi connectivity index (χ2v) is 9.33. The Labute approximate surface area is 161 Å². The van der Waals surface area contributed by atoms with Crippen molar-refractivity contribution in [2.75, 3.05) is 43.4 Å². The van der Waals surface area contributed by atoms with Crippen LogP contribution in [0.25, 0.3) is 0 Å². The van der Waals surface area contributed by atoms with Crippen molar-refractivity contribution in [3.63, 3.8) is 0 Å². The quantitative estimate of drug-likeness (QED) is 0.784. The molecule has 1 aromatic heterocycles. The predicted octanol–water partition coefficient (Wildman–Crippen LogP) is 2.92. The fraction of sp³-hybridized carbons (Fsp3) is 0.471. The molecule has 27 heavy (non-hydrogen) atoms. The summed E-state index contributed by atoms with van der Waals surface area (Å²) in [6.07, 6.45) is 0.923. The van der Waals surface area contributed by atoms with E-state index in [0.29, 0.717) is 24.7 Å². The van der Waals surface area contributed by atoms with Gasteiger partial charge >= 0.3 is 0 Å². The number of benzene rings is 1. The summed E-state index contributed by atoms with van der Waals surface area (Å²) in [5.41, 5.74) is 1.95. The number of anilines is 2. The monoisotopic (exact) mass is 416 g/mol. The number of halogens is 2. The number of rotatable bonds is 6. The molecule has 0 amide bonds. The molecule has 6 nitrogen and oxygen atoms in total. The largest absolute Gasteiger partial charge is 0.371 e. The van der Waals surface area contributed by atoms with Crippen LogP contribution in [0.3, 0.4) is 0 Å². The molecule has 0 unspecified atom stereocenters. The van der Waals surface area contributed by atoms with Gasteiger partial charge in [-0.05, 0) is 39.4 Å². The number of thiazole rings is 1. The van der Waals surface area contributed by atoms with Gasteiger partial charge in [0.15, 0.2) is 16.5 Å². The van der Waals surface area contributed by atoms with E-state index >= 15 is 0 Å². The average Bonchev–Trinajstić information content (AvgIpc) is 3.21. The van der Waals surface area contributed by atoms with E-state index in [-0.39, 0.29) is 11.4 Å². The molecule has 0 aliphatic carbocycles. The summed E-state index contributed by atoms with van der Waals surface area (Å²) in [6, 6.07) is 1.12. The van der Waals surface area contributed by atoms with E-state index in [1.165, 1.54) is 29.2 Å². The highest BCUT2D eigenvalue weighted by Gasteiger charge is 2.31. The van der Waals surface area contributed by atoms with Crippen molar-refractivity contribution >= 4 is 32.9 Å². The molecule has 1 aliphatic rings. The Kier molecular flexibility index (Phi) is 5.68. The van der Waals surface area contributed by atoms with Crippen LogP contribution in [0.2, 0.25) is 0 Å². The van der Waals surface area contributed by atoms with Crippen LogP contribution in [0.1, 0.15) is 12.0 Å². The maximum absolute atomic E-state index is 14.9. The maximum atomic E-state index is 14.9. The molecule has 1 fully saturated rings. The Morgan fingerprint density at radius 3 is 2.78 bits per heavy atom. The third-order valence-corrected chi connectivity index (χ3v) is 6.56. The first-order valence-electron chi connectivity index (χ1n) is 8.48. The second kappa shape index (κ2) is 7.69. The lowest BCUT2D eigenvalue weighted by molar-refractivity contribution is 0.340. The smallest absolute Gasteiger partial charge is 0.268 e. The van der Waals surface area contributed by atoms with Gasteiger partial charge in [0, 0.05) is 36.3 Å². The van der Waals surface area contributed by atoms with Crippen molar-refractivity contribution in [3.8, 4) is 0 Å². The highest BCUT2D eigenvalue weighted by atomic mass is 32.2. The number of nitrogens with zero attached hydrogens (tertiary/aromatic N) is 3. The fourth-order valence-corrected chi connectivity index (χ4v) is 5.18. The molecule has 3 rings (SSSR count). The molecule has 1 saturated heterocycles. The minimum atomic E-state index is -4.42. The summed E-state index contributed by atoms with van der Waals surface area (Å²) in [6.45, 7) is 3.73. The summed E-state index contributed by atoms with van der Waals surface area (Å²) in [5, 5.41) is 1.45. The van der Waals surface area contributed by atoms with Gasteiger partial charge in [-0.15, -0.1) is 11.3 Å². The first-order valence-corrected chi connectivity index (χ1v) is 10.9. The van der Waals surface area contributed by atoms with Crippen LogP contribution in [-0.4, -0.2) is 52.0 Å². The van der Waals surface area contributed by atoms with E-state index in [1.54, 1.807) is 0 Å². The zero-order valence-corrected chi connectivity index (χ0v) is 17.0. The zero-order valence-electron chi connectivity index (χ0n) is 15.4. The molecule has 0 radical (unpaired) electrons. The van der Waals surface area contributed by atoms with Gasteiger partial charge in [-0.3, -0.25) is 4.72 Å². The molecular weight excluding hydrogens is 394 g/mol. The van der Waals surface area contributed by atoms with Gasteiger partial charge in [-0.1, -0.05) is 0 Å². The molecule has 2 aromatic rings. The molecule has 1 N–H and O–H groups in total. The number of sulfonamides is 1. The molecule has 1 aliphatic heterocycles. The van der Waals surface area contributed by atoms with Crippen molar-refractivity contribution in [2.45, 2.75) is 18.2 Å². The molecule has 10 heteroatoms. The Balaban J connectivity index is 1.91. The second-order valence-electron chi connectivity index (χ2n) is 6.99. The standard InChI is InChI=1S/C17H22F2N4O2S2/c1-11-14(23-5-4-12(8-23)7-22(2)3)6-13(18)17(16(11)19)27(24,25)21-15-9-26-10-20-15/h6,9-10,12,21H,4-5,7-8H2,1-3H3/t12-/m0/s1. The first-order chi connectivity index (χ1) is 12.7. The van der Waals surface area contributed by atoms with Crippen LogP contribution in [-0.2, 0) is 10.0 Å². The lowest BCUT2D eigenvalue weighted by Crippen LogP contribution is -2.27. The molecule has 148 valence electrons. The lowest BCUT2D eigenvalue weighted by atomic mass is 10.1. The van der Waals surface area contributed by atoms with Gasteiger partial charge in [-0.2, -0.15) is 0 Å². The summed E-state index contributed by atoms with van der Waals surface area (Å²) >= 11 is 1.17. The molecule has 0 bridgehead atoms. The lowest BCUT2D eigenvalue weighted by Gasteiger charge is -2.23. The predicted molar refractivity (Wildman–Crippen MR) is 103 cm³/mol. The first kappa shape index (κ1) is 20.0. The molecule has 0 spiro atoms. The van der Waals surface area contributed by atoms with Crippen LogP contribution in [0.15, 0.2) is 21.9 Å². The Bertz CT molecular complexity index is 918. The van der Waals surface area contributed by atoms with Gasteiger partial charge in [0.2, 0.25) is 0 Å². The van der Waals surface area contributed by atoms with Gasteiger partial charge in [0.05, 0.1) is 5.51 Å². The molecule has 0 saturated carbocycles. The fourth-order valence-electron chi connectivity index (χ4n) is 3.42. The third-order valence-electron chi connectivity index (χ3n) is 4.58. The van der Waals surface area contributed by atoms with Gasteiger partial charge < -0.3 is 9.80 Å². The molecule has 1 atom stereocenters. The Morgan fingerprint density at radius 2 is 2.15 bits per heavy atom. The van der Waals surface area contributed by atoms with Crippen LogP contribution in [0.4, 0.5) is 20.3 Å². The van der Waals surface area contributed by atoms with Crippen LogP contribution in [0, 0.1) is 24.5 Å². The number of aromatic nitrogens is 1. The Morgan fingerprint density at radius 1 is 1.41 bits per heavy atom. The highest BCUT2D eigenvalue weighted by Crippen LogP contribution is 2.34. The average molecular weight is 417 g/mol. The van der Waals surface area contributed by atoms with Crippen molar-refractivity contribution in [1.82, 2.24) is 9.88 Å². The topological polar surface area (TPSA) is 65.5 Å².